The molecule has 1 aromatic heterocycles. The van der Waals surface area contributed by atoms with Crippen molar-refractivity contribution in [1.29, 1.82) is 5.41 Å². The Kier molecular flexibility index (Phi) is 5.53. The van der Waals surface area contributed by atoms with E-state index < -0.39 is 7.60 Å². The first-order valence-corrected chi connectivity index (χ1v) is 9.33. The second kappa shape index (κ2) is 7.18. The van der Waals surface area contributed by atoms with Gasteiger partial charge in [0.25, 0.3) is 0 Å². The number of thiazole rings is 1. The molecular formula is C14H19N2O3PS. The van der Waals surface area contributed by atoms with Gasteiger partial charge >= 0.3 is 7.60 Å². The van der Waals surface area contributed by atoms with Gasteiger partial charge in [-0.15, -0.1) is 0 Å². The van der Waals surface area contributed by atoms with Crippen LogP contribution in [0.15, 0.2) is 30.3 Å². The molecule has 1 aromatic carbocycles. The summed E-state index contributed by atoms with van der Waals surface area (Å²) in [5, 5.41) is 7.99. The van der Waals surface area contributed by atoms with Gasteiger partial charge in [0.2, 0.25) is 0 Å². The molecule has 0 aliphatic carbocycles. The van der Waals surface area contributed by atoms with Gasteiger partial charge in [-0.2, -0.15) is 0 Å². The van der Waals surface area contributed by atoms with Gasteiger partial charge in [0.15, 0.2) is 4.80 Å². The molecule has 0 saturated heterocycles. The molecule has 2 aromatic rings. The third kappa shape index (κ3) is 3.92. The lowest BCUT2D eigenvalue weighted by atomic mass is 10.3. The molecule has 21 heavy (non-hydrogen) atoms. The highest BCUT2D eigenvalue weighted by atomic mass is 32.1. The van der Waals surface area contributed by atoms with Crippen molar-refractivity contribution >= 4 is 35.3 Å². The number of rotatable bonds is 7. The Balaban J connectivity index is 2.22. The van der Waals surface area contributed by atoms with E-state index in [2.05, 4.69) is 0 Å². The van der Waals surface area contributed by atoms with E-state index in [9.17, 15) is 4.57 Å². The molecule has 0 amide bonds. The fourth-order valence-electron chi connectivity index (χ4n) is 1.97. The normalized spacial score (nSPS) is 12.5. The van der Waals surface area contributed by atoms with Crippen LogP contribution in [-0.2, 0) is 13.6 Å². The van der Waals surface area contributed by atoms with Crippen molar-refractivity contribution < 1.29 is 13.6 Å². The van der Waals surface area contributed by atoms with Crippen LogP contribution in [-0.4, -0.2) is 23.9 Å². The number of fused-ring (bicyclic) bond motifs is 1. The Labute approximate surface area is 127 Å². The minimum Gasteiger partial charge on any atom is -0.309 e. The van der Waals surface area contributed by atoms with Crippen LogP contribution < -0.4 is 4.80 Å². The quantitative estimate of drug-likeness (QED) is 0.784. The molecular weight excluding hydrogens is 307 g/mol. The summed E-state index contributed by atoms with van der Waals surface area (Å²) in [4.78, 5) is 0.426. The van der Waals surface area contributed by atoms with E-state index >= 15 is 0 Å². The first-order chi connectivity index (χ1) is 10.1. The summed E-state index contributed by atoms with van der Waals surface area (Å²) in [7, 11) is -3.07. The molecule has 0 atom stereocenters. The number of allylic oxidation sites excluding steroid dienone is 1. The summed E-state index contributed by atoms with van der Waals surface area (Å²) in [5.74, 6) is 0. The maximum Gasteiger partial charge on any atom is 0.334 e. The van der Waals surface area contributed by atoms with E-state index in [0.717, 1.165) is 10.2 Å². The van der Waals surface area contributed by atoms with Gasteiger partial charge in [-0.05, 0) is 26.0 Å². The number of hydrogen-bond acceptors (Lipinski definition) is 5. The second-order valence-corrected chi connectivity index (χ2v) is 7.39. The summed E-state index contributed by atoms with van der Waals surface area (Å²) in [6.07, 6.45) is 3.69. The molecule has 0 saturated carbocycles. The van der Waals surface area contributed by atoms with Crippen molar-refractivity contribution in [1.82, 2.24) is 4.57 Å². The summed E-state index contributed by atoms with van der Waals surface area (Å²) in [5.41, 5.74) is 0.964. The van der Waals surface area contributed by atoms with E-state index in [4.69, 9.17) is 14.5 Å². The lowest BCUT2D eigenvalue weighted by Gasteiger charge is -2.14. The van der Waals surface area contributed by atoms with Crippen LogP contribution in [0, 0.1) is 5.41 Å². The summed E-state index contributed by atoms with van der Waals surface area (Å²) >= 11 is 1.40. The van der Waals surface area contributed by atoms with Gasteiger partial charge in [0.05, 0.1) is 29.6 Å². The molecule has 0 fully saturated rings. The van der Waals surface area contributed by atoms with Crippen molar-refractivity contribution in [3.05, 3.63) is 35.1 Å². The van der Waals surface area contributed by atoms with E-state index in [1.807, 2.05) is 24.3 Å². The molecule has 0 aliphatic rings. The topological polar surface area (TPSA) is 64.3 Å². The second-order valence-electron chi connectivity index (χ2n) is 4.26. The summed E-state index contributed by atoms with van der Waals surface area (Å²) in [6, 6.07) is 7.82. The molecule has 114 valence electrons. The Morgan fingerprint density at radius 3 is 2.62 bits per heavy atom. The third-order valence-electron chi connectivity index (χ3n) is 2.79. The number of para-hydroxylation sites is 1. The van der Waals surface area contributed by atoms with Gasteiger partial charge in [-0.1, -0.05) is 29.5 Å². The fraction of sp³-hybridized carbons (Fsp3) is 0.357. The van der Waals surface area contributed by atoms with Crippen LogP contribution in [0.4, 0.5) is 0 Å². The zero-order valence-corrected chi connectivity index (χ0v) is 13.8. The highest BCUT2D eigenvalue weighted by Gasteiger charge is 2.21. The molecule has 0 spiro atoms. The molecule has 7 heteroatoms. The smallest absolute Gasteiger partial charge is 0.309 e. The van der Waals surface area contributed by atoms with Crippen LogP contribution >= 0.6 is 18.9 Å². The van der Waals surface area contributed by atoms with E-state index in [1.165, 1.54) is 11.3 Å². The first kappa shape index (κ1) is 16.2. The number of hydrogen-bond donors (Lipinski definition) is 1. The molecule has 2 rings (SSSR count). The van der Waals surface area contributed by atoms with Gasteiger partial charge in [-0.25, -0.2) is 0 Å². The fourth-order valence-corrected chi connectivity index (χ4v) is 4.28. The third-order valence-corrected chi connectivity index (χ3v) is 5.70. The van der Waals surface area contributed by atoms with Crippen molar-refractivity contribution in [3.8, 4) is 0 Å². The van der Waals surface area contributed by atoms with Gasteiger partial charge in [0.1, 0.15) is 0 Å². The summed E-state index contributed by atoms with van der Waals surface area (Å²) < 4.78 is 25.6. The Morgan fingerprint density at radius 2 is 1.95 bits per heavy atom. The van der Waals surface area contributed by atoms with Gasteiger partial charge in [0, 0.05) is 6.20 Å². The highest BCUT2D eigenvalue weighted by molar-refractivity contribution is 7.54. The van der Waals surface area contributed by atoms with Crippen molar-refractivity contribution in [3.63, 3.8) is 0 Å². The maximum absolute atomic E-state index is 12.3. The van der Waals surface area contributed by atoms with E-state index in [0.29, 0.717) is 18.0 Å². The first-order valence-electron chi connectivity index (χ1n) is 6.79. The zero-order valence-electron chi connectivity index (χ0n) is 12.1. The molecule has 5 nitrogen and oxygen atoms in total. The highest BCUT2D eigenvalue weighted by Crippen LogP contribution is 2.47. The molecule has 0 aliphatic heterocycles. The molecule has 1 N–H and O–H groups in total. The largest absolute Gasteiger partial charge is 0.334 e. The van der Waals surface area contributed by atoms with Crippen LogP contribution in [0.5, 0.6) is 0 Å². The Morgan fingerprint density at radius 1 is 1.29 bits per heavy atom. The predicted molar refractivity (Wildman–Crippen MR) is 86.7 cm³/mol. The Bertz CT molecular complexity index is 725. The minimum absolute atomic E-state index is 0.200. The van der Waals surface area contributed by atoms with Crippen molar-refractivity contribution in [2.24, 2.45) is 0 Å². The van der Waals surface area contributed by atoms with Crippen LogP contribution in [0.25, 0.3) is 16.4 Å². The lowest BCUT2D eigenvalue weighted by Crippen LogP contribution is -2.06. The van der Waals surface area contributed by atoms with Crippen LogP contribution in [0.3, 0.4) is 0 Å². The maximum atomic E-state index is 12.3. The number of aromatic nitrogens is 1. The number of benzene rings is 1. The summed E-state index contributed by atoms with van der Waals surface area (Å²) in [6.45, 7) is 4.28. The van der Waals surface area contributed by atoms with E-state index in [1.54, 1.807) is 30.7 Å². The SMILES string of the molecule is CCOP(=O)(CC=Cn1c(=N)sc2ccccc21)OCC. The molecule has 0 unspecified atom stereocenters. The van der Waals surface area contributed by atoms with Gasteiger partial charge < -0.3 is 9.05 Å². The van der Waals surface area contributed by atoms with Crippen LogP contribution in [0.2, 0.25) is 0 Å². The standard InChI is InChI=1S/C14H19N2O3PS/c1-3-18-20(17,19-4-2)11-7-10-16-12-8-5-6-9-13(12)21-14(16)15/h5-10,15H,3-4,11H2,1-2H3. The lowest BCUT2D eigenvalue weighted by molar-refractivity contribution is 0.222. The van der Waals surface area contributed by atoms with Crippen molar-refractivity contribution in [2.75, 3.05) is 19.4 Å². The zero-order chi connectivity index (χ0) is 15.3. The number of nitrogens with one attached hydrogen (secondary N) is 1. The van der Waals surface area contributed by atoms with Gasteiger partial charge in [-0.3, -0.25) is 14.5 Å². The van der Waals surface area contributed by atoms with Crippen LogP contribution in [0.1, 0.15) is 13.8 Å². The average molecular weight is 326 g/mol. The average Bonchev–Trinajstić information content (AvgIpc) is 2.76. The molecule has 1 heterocycles. The minimum atomic E-state index is -3.07. The number of nitrogens with zero attached hydrogens (tertiary/aromatic N) is 1. The van der Waals surface area contributed by atoms with E-state index in [-0.39, 0.29) is 6.16 Å². The molecule has 0 bridgehead atoms. The van der Waals surface area contributed by atoms with Crippen molar-refractivity contribution in [2.45, 2.75) is 13.8 Å². The Hall–Kier alpha value is -1.20. The predicted octanol–water partition coefficient (Wildman–Crippen LogP) is 3.92. The monoisotopic (exact) mass is 326 g/mol. The molecule has 0 radical (unpaired) electrons.